The minimum absolute atomic E-state index is 0.821. The number of carboxylic acids is 1. The first-order valence-corrected chi connectivity index (χ1v) is 11.3. The van der Waals surface area contributed by atoms with Crippen LogP contribution in [0.5, 0.6) is 0 Å². The molecule has 9 N–H and O–H groups in total. The molecule has 37 heavy (non-hydrogen) atoms. The molecule has 0 aromatic rings. The fraction of sp³-hybridized carbons (Fsp3) is 0.900. The Labute approximate surface area is 209 Å². The van der Waals surface area contributed by atoms with E-state index in [1.54, 1.807) is 0 Å². The van der Waals surface area contributed by atoms with Gasteiger partial charge < -0.3 is 74.4 Å². The number of ether oxygens (including phenoxy) is 6. The summed E-state index contributed by atoms with van der Waals surface area (Å²) in [7, 11) is 0. The zero-order valence-corrected chi connectivity index (χ0v) is 19.7. The van der Waals surface area contributed by atoms with E-state index in [-0.39, 0.29) is 0 Å². The molecule has 3 aliphatic heterocycles. The average molecular weight is 544 g/mol. The van der Waals surface area contributed by atoms with Crippen molar-refractivity contribution in [3.05, 3.63) is 0 Å². The van der Waals surface area contributed by atoms with Gasteiger partial charge in [0.1, 0.15) is 54.9 Å². The second-order valence-corrected chi connectivity index (χ2v) is 8.94. The molecular weight excluding hydrogens is 512 g/mol. The Morgan fingerprint density at radius 2 is 1.32 bits per heavy atom. The van der Waals surface area contributed by atoms with Crippen LogP contribution in [0.2, 0.25) is 0 Å². The summed E-state index contributed by atoms with van der Waals surface area (Å²) in [5.41, 5.74) is 0. The predicted octanol–water partition coefficient (Wildman–Crippen LogP) is -5.88. The second-order valence-electron chi connectivity index (χ2n) is 8.94. The topological polar surface area (TPSA) is 272 Å². The Morgan fingerprint density at radius 3 is 1.89 bits per heavy atom. The summed E-state index contributed by atoms with van der Waals surface area (Å²) in [5.74, 6) is -2.73. The number of aliphatic carboxylic acids is 1. The van der Waals surface area contributed by atoms with Crippen LogP contribution in [0.4, 0.5) is 0 Å². The molecule has 0 unspecified atom stereocenters. The van der Waals surface area contributed by atoms with E-state index in [4.69, 9.17) is 28.4 Å². The van der Waals surface area contributed by atoms with Gasteiger partial charge in [-0.15, -0.1) is 0 Å². The van der Waals surface area contributed by atoms with Gasteiger partial charge in [0.2, 0.25) is 0 Å². The number of carbonyl (C=O) groups is 2. The van der Waals surface area contributed by atoms with Crippen LogP contribution in [0, 0.1) is 0 Å². The van der Waals surface area contributed by atoms with Crippen molar-refractivity contribution in [1.82, 2.24) is 0 Å². The van der Waals surface area contributed by atoms with Crippen molar-refractivity contribution in [1.29, 1.82) is 0 Å². The van der Waals surface area contributed by atoms with Gasteiger partial charge in [0.05, 0.1) is 12.7 Å². The van der Waals surface area contributed by atoms with Gasteiger partial charge in [0.25, 0.3) is 0 Å². The molecule has 0 bridgehead atoms. The van der Waals surface area contributed by atoms with Crippen molar-refractivity contribution in [3.8, 4) is 0 Å². The van der Waals surface area contributed by atoms with E-state index in [0.29, 0.717) is 0 Å². The molecule has 3 heterocycles. The number of aliphatic hydroxyl groups excluding tert-OH is 8. The van der Waals surface area contributed by atoms with Crippen LogP contribution in [-0.2, 0) is 38.0 Å². The van der Waals surface area contributed by atoms with Crippen LogP contribution in [-0.4, -0.2) is 157 Å². The first-order valence-electron chi connectivity index (χ1n) is 11.3. The third-order valence-electron chi connectivity index (χ3n) is 6.30. The second kappa shape index (κ2) is 12.1. The Hall–Kier alpha value is -1.58. The molecule has 0 spiro atoms. The lowest BCUT2D eigenvalue weighted by molar-refractivity contribution is -0.374. The SMILES string of the molecule is CC(=O)O[C@@H]1[C@H](O[C@H]2O[C@H](CO)[C@H](O)[C@H](O)[C@H]2O)[C@@H](O)[C@@H](O[C@@H]2[C@H](O)[C@H](C)O[C@@H](O)[C@H]2O)O[C@@H]1C(=O)O. The van der Waals surface area contributed by atoms with Gasteiger partial charge in [-0.05, 0) is 6.92 Å². The van der Waals surface area contributed by atoms with E-state index in [9.17, 15) is 55.5 Å². The lowest BCUT2D eigenvalue weighted by Gasteiger charge is -2.47. The van der Waals surface area contributed by atoms with E-state index in [1.807, 2.05) is 0 Å². The highest BCUT2D eigenvalue weighted by atomic mass is 16.8. The van der Waals surface area contributed by atoms with Crippen LogP contribution in [0.3, 0.4) is 0 Å². The Morgan fingerprint density at radius 1 is 0.730 bits per heavy atom. The van der Waals surface area contributed by atoms with Crippen molar-refractivity contribution < 1.29 is 84.0 Å². The Kier molecular flexibility index (Phi) is 9.78. The molecule has 3 fully saturated rings. The highest BCUT2D eigenvalue weighted by Gasteiger charge is 2.56. The normalized spacial score (nSPS) is 48.9. The van der Waals surface area contributed by atoms with Crippen molar-refractivity contribution in [2.75, 3.05) is 6.61 Å². The van der Waals surface area contributed by atoms with Crippen LogP contribution in [0.15, 0.2) is 0 Å². The summed E-state index contributed by atoms with van der Waals surface area (Å²) < 4.78 is 31.4. The van der Waals surface area contributed by atoms with Crippen LogP contribution in [0.25, 0.3) is 0 Å². The molecule has 17 nitrogen and oxygen atoms in total. The number of esters is 1. The summed E-state index contributed by atoms with van der Waals surface area (Å²) in [6.45, 7) is 1.45. The molecule has 15 atom stereocenters. The monoisotopic (exact) mass is 544 g/mol. The molecule has 3 aliphatic rings. The number of rotatable bonds is 7. The van der Waals surface area contributed by atoms with Gasteiger partial charge >= 0.3 is 11.9 Å². The van der Waals surface area contributed by atoms with Crippen molar-refractivity contribution in [3.63, 3.8) is 0 Å². The first kappa shape index (κ1) is 30.0. The van der Waals surface area contributed by atoms with Crippen molar-refractivity contribution in [2.24, 2.45) is 0 Å². The van der Waals surface area contributed by atoms with Gasteiger partial charge in [-0.25, -0.2) is 4.79 Å². The third-order valence-corrected chi connectivity index (χ3v) is 6.30. The zero-order valence-electron chi connectivity index (χ0n) is 19.7. The number of hydrogen-bond donors (Lipinski definition) is 9. The molecule has 214 valence electrons. The zero-order chi connectivity index (χ0) is 27.8. The minimum atomic E-state index is -2.07. The average Bonchev–Trinajstić information content (AvgIpc) is 2.83. The summed E-state index contributed by atoms with van der Waals surface area (Å²) in [5, 5.41) is 90.8. The Balaban J connectivity index is 1.91. The van der Waals surface area contributed by atoms with E-state index in [1.165, 1.54) is 6.92 Å². The first-order chi connectivity index (χ1) is 17.3. The third kappa shape index (κ3) is 6.19. The maximum atomic E-state index is 12.0. The molecule has 0 saturated carbocycles. The molecular formula is C20H32O17. The van der Waals surface area contributed by atoms with Crippen LogP contribution in [0.1, 0.15) is 13.8 Å². The lowest BCUT2D eigenvalue weighted by atomic mass is 9.95. The maximum absolute atomic E-state index is 12.0. The summed E-state index contributed by atoms with van der Waals surface area (Å²) >= 11 is 0. The molecule has 3 saturated heterocycles. The van der Waals surface area contributed by atoms with E-state index < -0.39 is 111 Å². The van der Waals surface area contributed by atoms with Gasteiger partial charge in [0.15, 0.2) is 31.1 Å². The maximum Gasteiger partial charge on any atom is 0.336 e. The van der Waals surface area contributed by atoms with Gasteiger partial charge in [0, 0.05) is 6.92 Å². The smallest absolute Gasteiger partial charge is 0.336 e. The van der Waals surface area contributed by atoms with E-state index in [0.717, 1.165) is 6.92 Å². The number of carbonyl (C=O) groups excluding carboxylic acids is 1. The van der Waals surface area contributed by atoms with Crippen molar-refractivity contribution in [2.45, 2.75) is 106 Å². The predicted molar refractivity (Wildman–Crippen MR) is 110 cm³/mol. The molecule has 3 rings (SSSR count). The molecule has 17 heteroatoms. The largest absolute Gasteiger partial charge is 0.479 e. The van der Waals surface area contributed by atoms with Gasteiger partial charge in [-0.2, -0.15) is 0 Å². The molecule has 0 aromatic carbocycles. The van der Waals surface area contributed by atoms with Gasteiger partial charge in [-0.1, -0.05) is 0 Å². The van der Waals surface area contributed by atoms with Crippen LogP contribution >= 0.6 is 0 Å². The standard InChI is InChI=1S/C20H32O17/c1-4-7(23)13(11(27)18(31)32-4)35-20-12(28)14(15(33-5(2)22)16(37-20)17(29)30)36-19-10(26)9(25)8(24)6(3-21)34-19/h4,6-16,18-21,23-28,31H,3H2,1-2H3,(H,29,30)/t4-,6+,7+,8-,9-,10+,11-,12+,13+,14+,15+,16-,18+,19+,20-/m0/s1. The number of hydrogen-bond acceptors (Lipinski definition) is 16. The molecule has 0 amide bonds. The minimum Gasteiger partial charge on any atom is -0.479 e. The number of carboxylic acid groups (broad SMARTS) is 1. The van der Waals surface area contributed by atoms with Crippen molar-refractivity contribution >= 4 is 11.9 Å². The molecule has 0 aliphatic carbocycles. The summed E-state index contributed by atoms with van der Waals surface area (Å²) in [6, 6.07) is 0. The lowest BCUT2D eigenvalue weighted by Crippen LogP contribution is -2.67. The highest BCUT2D eigenvalue weighted by molar-refractivity contribution is 5.74. The van der Waals surface area contributed by atoms with Gasteiger partial charge in [-0.3, -0.25) is 4.79 Å². The van der Waals surface area contributed by atoms with E-state index >= 15 is 0 Å². The fourth-order valence-corrected chi connectivity index (χ4v) is 4.28. The summed E-state index contributed by atoms with van der Waals surface area (Å²) in [6.07, 6.45) is -26.8. The summed E-state index contributed by atoms with van der Waals surface area (Å²) in [4.78, 5) is 23.7. The molecule has 0 aromatic heterocycles. The van der Waals surface area contributed by atoms with Crippen LogP contribution < -0.4 is 0 Å². The highest BCUT2D eigenvalue weighted by Crippen LogP contribution is 2.33. The number of aliphatic hydroxyl groups is 8. The van der Waals surface area contributed by atoms with E-state index in [2.05, 4.69) is 0 Å². The fourth-order valence-electron chi connectivity index (χ4n) is 4.28. The molecule has 0 radical (unpaired) electrons. The quantitative estimate of drug-likeness (QED) is 0.135. The Bertz CT molecular complexity index is 781.